The maximum Gasteiger partial charge on any atom is 0.449 e. The molecule has 180 valence electrons. The van der Waals surface area contributed by atoms with E-state index in [2.05, 4.69) is 24.8 Å². The molecule has 0 radical (unpaired) electrons. The summed E-state index contributed by atoms with van der Waals surface area (Å²) in [7, 11) is 0. The quantitative estimate of drug-likeness (QED) is 0.409. The molecule has 2 aromatic carbocycles. The summed E-state index contributed by atoms with van der Waals surface area (Å²) in [6.07, 6.45) is -8.55. The lowest BCUT2D eigenvalue weighted by Crippen LogP contribution is -2.47. The van der Waals surface area contributed by atoms with Crippen molar-refractivity contribution >= 4 is 27.8 Å². The Morgan fingerprint density at radius 1 is 0.735 bits per heavy atom. The highest BCUT2D eigenvalue weighted by molar-refractivity contribution is 5.89. The lowest BCUT2D eigenvalue weighted by atomic mass is 10.1. The number of rotatable bonds is 4. The predicted molar refractivity (Wildman–Crippen MR) is 115 cm³/mol. The van der Waals surface area contributed by atoms with Crippen LogP contribution in [0.2, 0.25) is 0 Å². The molecule has 1 fully saturated rings. The first-order valence-electron chi connectivity index (χ1n) is 10.7. The number of para-hydroxylation sites is 2. The first kappa shape index (κ1) is 22.5. The number of imidazole rings is 2. The van der Waals surface area contributed by atoms with Gasteiger partial charge in [-0.15, -0.1) is 0 Å². The number of benzene rings is 2. The van der Waals surface area contributed by atoms with Crippen molar-refractivity contribution < 1.29 is 26.3 Å². The number of aromatic amines is 2. The fraction of sp³-hybridized carbons (Fsp3) is 0.364. The SMILES string of the molecule is FC(F)(F)c1nc2c(CCN3CCN(c4cccc5[nH]c(C(F)(F)F)nc45)CC3)cccc2[nH]1. The average molecular weight is 482 g/mol. The van der Waals surface area contributed by atoms with Crippen LogP contribution < -0.4 is 4.90 Å². The predicted octanol–water partition coefficient (Wildman–Crippen LogP) is 4.84. The van der Waals surface area contributed by atoms with Crippen LogP contribution in [-0.2, 0) is 18.8 Å². The van der Waals surface area contributed by atoms with Crippen molar-refractivity contribution in [2.75, 3.05) is 37.6 Å². The van der Waals surface area contributed by atoms with E-state index in [1.54, 1.807) is 36.4 Å². The Kier molecular flexibility index (Phi) is 5.42. The Morgan fingerprint density at radius 3 is 1.91 bits per heavy atom. The summed E-state index contributed by atoms with van der Waals surface area (Å²) in [4.78, 5) is 16.4. The zero-order valence-electron chi connectivity index (χ0n) is 17.8. The number of hydrogen-bond donors (Lipinski definition) is 2. The van der Waals surface area contributed by atoms with Gasteiger partial charge in [-0.2, -0.15) is 26.3 Å². The summed E-state index contributed by atoms with van der Waals surface area (Å²) in [5, 5.41) is 0. The van der Waals surface area contributed by atoms with E-state index >= 15 is 0 Å². The van der Waals surface area contributed by atoms with Crippen LogP contribution in [-0.4, -0.2) is 57.6 Å². The highest BCUT2D eigenvalue weighted by Gasteiger charge is 2.36. The molecule has 6 nitrogen and oxygen atoms in total. The Hall–Kier alpha value is -3.28. The zero-order chi connectivity index (χ0) is 24.1. The molecule has 4 aromatic rings. The molecule has 2 N–H and O–H groups in total. The van der Waals surface area contributed by atoms with Crippen LogP contribution in [0.5, 0.6) is 0 Å². The molecule has 0 bridgehead atoms. The molecule has 2 aromatic heterocycles. The summed E-state index contributed by atoms with van der Waals surface area (Å²) in [5.74, 6) is -2.03. The number of fused-ring (bicyclic) bond motifs is 2. The van der Waals surface area contributed by atoms with E-state index in [1.807, 2.05) is 4.90 Å². The van der Waals surface area contributed by atoms with Gasteiger partial charge in [-0.3, -0.25) is 4.90 Å². The second-order valence-corrected chi connectivity index (χ2v) is 8.23. The number of hydrogen-bond acceptors (Lipinski definition) is 4. The molecule has 0 spiro atoms. The van der Waals surface area contributed by atoms with Crippen LogP contribution >= 0.6 is 0 Å². The second kappa shape index (κ2) is 8.19. The summed E-state index contributed by atoms with van der Waals surface area (Å²) >= 11 is 0. The third-order valence-corrected chi connectivity index (χ3v) is 6.04. The lowest BCUT2D eigenvalue weighted by Gasteiger charge is -2.36. The lowest BCUT2D eigenvalue weighted by molar-refractivity contribution is -0.144. The minimum Gasteiger partial charge on any atom is -0.367 e. The van der Waals surface area contributed by atoms with Crippen molar-refractivity contribution in [2.45, 2.75) is 18.8 Å². The van der Waals surface area contributed by atoms with Crippen LogP contribution in [0.25, 0.3) is 22.1 Å². The van der Waals surface area contributed by atoms with Gasteiger partial charge in [0.1, 0.15) is 5.52 Å². The smallest absolute Gasteiger partial charge is 0.367 e. The van der Waals surface area contributed by atoms with Crippen LogP contribution in [0.15, 0.2) is 36.4 Å². The molecule has 12 heteroatoms. The number of alkyl halides is 6. The van der Waals surface area contributed by atoms with Crippen molar-refractivity contribution in [3.63, 3.8) is 0 Å². The molecule has 0 unspecified atom stereocenters. The van der Waals surface area contributed by atoms with Crippen molar-refractivity contribution in [1.29, 1.82) is 0 Å². The molecule has 5 rings (SSSR count). The number of halogens is 6. The maximum atomic E-state index is 13.1. The number of nitrogens with zero attached hydrogens (tertiary/aromatic N) is 4. The molecule has 0 amide bonds. The fourth-order valence-electron chi connectivity index (χ4n) is 4.32. The monoisotopic (exact) mass is 482 g/mol. The first-order chi connectivity index (χ1) is 16.1. The summed E-state index contributed by atoms with van der Waals surface area (Å²) in [6, 6.07) is 10.1. The van der Waals surface area contributed by atoms with Crippen molar-refractivity contribution in [3.8, 4) is 0 Å². The molecule has 34 heavy (non-hydrogen) atoms. The van der Waals surface area contributed by atoms with Gasteiger partial charge in [-0.05, 0) is 30.2 Å². The van der Waals surface area contributed by atoms with E-state index in [0.717, 1.165) is 5.56 Å². The molecule has 1 aliphatic rings. The van der Waals surface area contributed by atoms with Crippen LogP contribution in [0.4, 0.5) is 32.0 Å². The van der Waals surface area contributed by atoms with Gasteiger partial charge in [0.15, 0.2) is 0 Å². The van der Waals surface area contributed by atoms with Gasteiger partial charge in [0.05, 0.1) is 22.2 Å². The summed E-state index contributed by atoms with van der Waals surface area (Å²) in [6.45, 7) is 3.15. The Labute approximate surface area is 189 Å². The molecule has 1 aliphatic heterocycles. The third-order valence-electron chi connectivity index (χ3n) is 6.04. The topological polar surface area (TPSA) is 63.8 Å². The minimum absolute atomic E-state index is 0.286. The molecule has 1 saturated heterocycles. The van der Waals surface area contributed by atoms with Gasteiger partial charge in [-0.25, -0.2) is 9.97 Å². The highest BCUT2D eigenvalue weighted by Crippen LogP contribution is 2.33. The van der Waals surface area contributed by atoms with E-state index in [9.17, 15) is 26.3 Å². The fourth-order valence-corrected chi connectivity index (χ4v) is 4.32. The molecular formula is C22H20F6N6. The zero-order valence-corrected chi connectivity index (χ0v) is 17.8. The molecule has 0 saturated carbocycles. The van der Waals surface area contributed by atoms with E-state index in [0.29, 0.717) is 61.4 Å². The molecule has 0 atom stereocenters. The van der Waals surface area contributed by atoms with Gasteiger partial charge in [-0.1, -0.05) is 18.2 Å². The van der Waals surface area contributed by atoms with Gasteiger partial charge in [0, 0.05) is 32.7 Å². The summed E-state index contributed by atoms with van der Waals surface area (Å²) in [5.41, 5.74) is 2.66. The maximum absolute atomic E-state index is 13.1. The van der Waals surface area contributed by atoms with Gasteiger partial charge in [0.25, 0.3) is 0 Å². The van der Waals surface area contributed by atoms with Crippen LogP contribution in [0, 0.1) is 0 Å². The van der Waals surface area contributed by atoms with Crippen molar-refractivity contribution in [3.05, 3.63) is 53.6 Å². The average Bonchev–Trinajstić information content (AvgIpc) is 3.42. The number of anilines is 1. The number of piperazine rings is 1. The normalized spacial score (nSPS) is 16.1. The van der Waals surface area contributed by atoms with Crippen LogP contribution in [0.1, 0.15) is 17.2 Å². The Morgan fingerprint density at radius 2 is 1.29 bits per heavy atom. The van der Waals surface area contributed by atoms with E-state index in [-0.39, 0.29) is 5.52 Å². The first-order valence-corrected chi connectivity index (χ1v) is 10.7. The second-order valence-electron chi connectivity index (χ2n) is 8.23. The molecule has 0 aliphatic carbocycles. The van der Waals surface area contributed by atoms with E-state index in [4.69, 9.17) is 0 Å². The Bertz CT molecular complexity index is 1310. The van der Waals surface area contributed by atoms with Crippen molar-refractivity contribution in [1.82, 2.24) is 24.8 Å². The summed E-state index contributed by atoms with van der Waals surface area (Å²) < 4.78 is 78.2. The molecule has 3 heterocycles. The van der Waals surface area contributed by atoms with Gasteiger partial charge >= 0.3 is 12.4 Å². The van der Waals surface area contributed by atoms with Gasteiger partial charge < -0.3 is 14.9 Å². The van der Waals surface area contributed by atoms with E-state index in [1.165, 1.54) is 0 Å². The third kappa shape index (κ3) is 4.29. The highest BCUT2D eigenvalue weighted by atomic mass is 19.4. The number of H-pyrrole nitrogens is 2. The minimum atomic E-state index is -4.55. The Balaban J connectivity index is 1.25. The number of aromatic nitrogens is 4. The largest absolute Gasteiger partial charge is 0.449 e. The molecular weight excluding hydrogens is 462 g/mol. The van der Waals surface area contributed by atoms with Gasteiger partial charge in [0.2, 0.25) is 11.6 Å². The van der Waals surface area contributed by atoms with E-state index < -0.39 is 24.0 Å². The van der Waals surface area contributed by atoms with Crippen LogP contribution in [0.3, 0.4) is 0 Å². The van der Waals surface area contributed by atoms with Crippen molar-refractivity contribution in [2.24, 2.45) is 0 Å². The number of nitrogens with one attached hydrogen (secondary N) is 2. The standard InChI is InChI=1S/C22H20F6N6/c23-21(24,25)19-29-14-4-1-3-13(17(14)31-19)7-8-33-9-11-34(12-10-33)16-6-2-5-15-18(16)32-20(30-15)22(26,27)28/h1-6H,7-12H2,(H,29,31)(H,30,32).